The number of hydrogen-bond donors (Lipinski definition) is 1. The van der Waals surface area contributed by atoms with Crippen molar-refractivity contribution in [3.8, 4) is 0 Å². The van der Waals surface area contributed by atoms with Crippen molar-refractivity contribution < 1.29 is 19.4 Å². The van der Waals surface area contributed by atoms with Crippen LogP contribution in [0.3, 0.4) is 0 Å². The SMILES string of the molecule is CCC(C)(C)C1CCC(C(OC(=O)/C=C/C(=O)O)C(C)C)CC1. The van der Waals surface area contributed by atoms with Crippen LogP contribution in [0.15, 0.2) is 12.2 Å². The van der Waals surface area contributed by atoms with E-state index in [0.717, 1.165) is 30.9 Å². The van der Waals surface area contributed by atoms with Gasteiger partial charge >= 0.3 is 11.9 Å². The van der Waals surface area contributed by atoms with E-state index < -0.39 is 11.9 Å². The predicted molar refractivity (Wildman–Crippen MR) is 91.0 cm³/mol. The summed E-state index contributed by atoms with van der Waals surface area (Å²) in [5.41, 5.74) is 0.374. The Hall–Kier alpha value is -1.32. The zero-order valence-corrected chi connectivity index (χ0v) is 15.2. The molecule has 1 N–H and O–H groups in total. The maximum Gasteiger partial charge on any atom is 0.331 e. The molecule has 0 spiro atoms. The molecule has 1 atom stereocenters. The van der Waals surface area contributed by atoms with Gasteiger partial charge in [-0.05, 0) is 48.9 Å². The molecule has 0 aromatic carbocycles. The van der Waals surface area contributed by atoms with Crippen molar-refractivity contribution in [3.05, 3.63) is 12.2 Å². The Kier molecular flexibility index (Phi) is 7.30. The predicted octanol–water partition coefficient (Wildman–Crippen LogP) is 4.44. The number of carbonyl (C=O) groups excluding carboxylic acids is 1. The van der Waals surface area contributed by atoms with Crippen LogP contribution in [0, 0.1) is 23.2 Å². The summed E-state index contributed by atoms with van der Waals surface area (Å²) >= 11 is 0. The lowest BCUT2D eigenvalue weighted by molar-refractivity contribution is -0.150. The molecule has 4 nitrogen and oxygen atoms in total. The molecule has 1 aliphatic rings. The van der Waals surface area contributed by atoms with Gasteiger partial charge in [-0.2, -0.15) is 0 Å². The molecule has 132 valence electrons. The quantitative estimate of drug-likeness (QED) is 0.555. The van der Waals surface area contributed by atoms with Gasteiger partial charge in [-0.1, -0.05) is 41.0 Å². The van der Waals surface area contributed by atoms with Crippen LogP contribution < -0.4 is 0 Å². The summed E-state index contributed by atoms with van der Waals surface area (Å²) in [7, 11) is 0. The van der Waals surface area contributed by atoms with E-state index in [1.54, 1.807) is 0 Å². The van der Waals surface area contributed by atoms with Gasteiger partial charge in [0.05, 0.1) is 0 Å². The van der Waals surface area contributed by atoms with Crippen LogP contribution in [-0.2, 0) is 14.3 Å². The molecule has 0 aromatic rings. The Balaban J connectivity index is 2.63. The fourth-order valence-corrected chi connectivity index (χ4v) is 3.61. The molecule has 0 bridgehead atoms. The van der Waals surface area contributed by atoms with Crippen molar-refractivity contribution in [3.63, 3.8) is 0 Å². The van der Waals surface area contributed by atoms with Gasteiger partial charge in [0.2, 0.25) is 0 Å². The van der Waals surface area contributed by atoms with Gasteiger partial charge in [0.15, 0.2) is 0 Å². The van der Waals surface area contributed by atoms with E-state index in [9.17, 15) is 9.59 Å². The molecule has 0 radical (unpaired) electrons. The van der Waals surface area contributed by atoms with E-state index in [2.05, 4.69) is 34.6 Å². The first kappa shape index (κ1) is 19.7. The van der Waals surface area contributed by atoms with E-state index in [0.29, 0.717) is 11.3 Å². The van der Waals surface area contributed by atoms with Crippen molar-refractivity contribution in [2.75, 3.05) is 0 Å². The van der Waals surface area contributed by atoms with Gasteiger partial charge in [-0.25, -0.2) is 9.59 Å². The molecule has 1 unspecified atom stereocenters. The third kappa shape index (κ3) is 6.00. The first-order chi connectivity index (χ1) is 10.7. The van der Waals surface area contributed by atoms with Crippen LogP contribution >= 0.6 is 0 Å². The van der Waals surface area contributed by atoms with Gasteiger partial charge in [-0.15, -0.1) is 0 Å². The third-order valence-electron chi connectivity index (χ3n) is 5.52. The van der Waals surface area contributed by atoms with Crippen LogP contribution in [-0.4, -0.2) is 23.1 Å². The summed E-state index contributed by atoms with van der Waals surface area (Å²) in [6.07, 6.45) is 7.40. The zero-order valence-electron chi connectivity index (χ0n) is 15.2. The summed E-state index contributed by atoms with van der Waals surface area (Å²) in [4.78, 5) is 22.3. The number of rotatable bonds is 7. The molecule has 23 heavy (non-hydrogen) atoms. The molecule has 4 heteroatoms. The molecule has 0 aromatic heterocycles. The molecule has 1 fully saturated rings. The number of carbonyl (C=O) groups is 2. The van der Waals surface area contributed by atoms with Crippen LogP contribution in [0.1, 0.15) is 66.7 Å². The van der Waals surface area contributed by atoms with Gasteiger partial charge in [0.1, 0.15) is 6.10 Å². The Morgan fingerprint density at radius 1 is 1.17 bits per heavy atom. The highest BCUT2D eigenvalue weighted by atomic mass is 16.5. The summed E-state index contributed by atoms with van der Waals surface area (Å²) in [5.74, 6) is -0.342. The summed E-state index contributed by atoms with van der Waals surface area (Å²) in [6, 6.07) is 0. The number of carboxylic acids is 1. The van der Waals surface area contributed by atoms with E-state index in [4.69, 9.17) is 9.84 Å². The lowest BCUT2D eigenvalue weighted by atomic mass is 9.66. The van der Waals surface area contributed by atoms with E-state index in [1.165, 1.54) is 19.3 Å². The number of esters is 1. The minimum Gasteiger partial charge on any atom is -0.478 e. The highest BCUT2D eigenvalue weighted by Gasteiger charge is 2.36. The van der Waals surface area contributed by atoms with Crippen LogP contribution in [0.4, 0.5) is 0 Å². The number of aliphatic carboxylic acids is 1. The Morgan fingerprint density at radius 2 is 1.74 bits per heavy atom. The van der Waals surface area contributed by atoms with Crippen molar-refractivity contribution in [2.24, 2.45) is 23.2 Å². The molecule has 1 saturated carbocycles. The molecular weight excluding hydrogens is 292 g/mol. The molecule has 1 rings (SSSR count). The number of ether oxygens (including phenoxy) is 1. The second kappa shape index (κ2) is 8.51. The van der Waals surface area contributed by atoms with Crippen LogP contribution in [0.2, 0.25) is 0 Å². The van der Waals surface area contributed by atoms with Gasteiger partial charge < -0.3 is 9.84 Å². The second-order valence-electron chi connectivity index (χ2n) is 7.77. The average molecular weight is 324 g/mol. The summed E-state index contributed by atoms with van der Waals surface area (Å²) in [6.45, 7) is 11.0. The summed E-state index contributed by atoms with van der Waals surface area (Å²) in [5, 5.41) is 8.59. The maximum atomic E-state index is 11.8. The third-order valence-corrected chi connectivity index (χ3v) is 5.52. The number of carboxylic acid groups (broad SMARTS) is 1. The molecular formula is C19H32O4. The smallest absolute Gasteiger partial charge is 0.331 e. The minimum atomic E-state index is -1.13. The zero-order chi connectivity index (χ0) is 17.6. The van der Waals surface area contributed by atoms with Crippen molar-refractivity contribution >= 4 is 11.9 Å². The summed E-state index contributed by atoms with van der Waals surface area (Å²) < 4.78 is 5.56. The van der Waals surface area contributed by atoms with E-state index in [1.807, 2.05) is 0 Å². The largest absolute Gasteiger partial charge is 0.478 e. The van der Waals surface area contributed by atoms with Gasteiger partial charge in [0, 0.05) is 12.2 Å². The topological polar surface area (TPSA) is 63.6 Å². The van der Waals surface area contributed by atoms with Crippen LogP contribution in [0.25, 0.3) is 0 Å². The Bertz CT molecular complexity index is 429. The molecule has 0 aliphatic heterocycles. The fraction of sp³-hybridized carbons (Fsp3) is 0.789. The second-order valence-corrected chi connectivity index (χ2v) is 7.77. The Morgan fingerprint density at radius 3 is 2.17 bits per heavy atom. The van der Waals surface area contributed by atoms with Gasteiger partial charge in [0.25, 0.3) is 0 Å². The van der Waals surface area contributed by atoms with Crippen molar-refractivity contribution in [1.82, 2.24) is 0 Å². The fourth-order valence-electron chi connectivity index (χ4n) is 3.61. The molecule has 0 saturated heterocycles. The monoisotopic (exact) mass is 324 g/mol. The van der Waals surface area contributed by atoms with Crippen molar-refractivity contribution in [2.45, 2.75) is 72.8 Å². The number of hydrogen-bond acceptors (Lipinski definition) is 3. The lowest BCUT2D eigenvalue weighted by Gasteiger charge is -2.41. The standard InChI is InChI=1S/C19H32O4/c1-6-19(4,5)15-9-7-14(8-10-15)18(13(2)3)23-17(22)12-11-16(20)21/h11-15,18H,6-10H2,1-5H3,(H,20,21)/b12-11+. The van der Waals surface area contributed by atoms with Crippen molar-refractivity contribution in [1.29, 1.82) is 0 Å². The lowest BCUT2D eigenvalue weighted by Crippen LogP contribution is -2.36. The maximum absolute atomic E-state index is 11.8. The first-order valence-electron chi connectivity index (χ1n) is 8.79. The van der Waals surface area contributed by atoms with Crippen LogP contribution in [0.5, 0.6) is 0 Å². The van der Waals surface area contributed by atoms with E-state index >= 15 is 0 Å². The molecule has 1 aliphatic carbocycles. The Labute approximate surface area is 140 Å². The first-order valence-corrected chi connectivity index (χ1v) is 8.79. The highest BCUT2D eigenvalue weighted by Crippen LogP contribution is 2.43. The van der Waals surface area contributed by atoms with Gasteiger partial charge in [-0.3, -0.25) is 0 Å². The highest BCUT2D eigenvalue weighted by molar-refractivity contribution is 5.90. The normalized spacial score (nSPS) is 23.9. The average Bonchev–Trinajstić information content (AvgIpc) is 2.50. The molecule has 0 heterocycles. The minimum absolute atomic E-state index is 0.133. The van der Waals surface area contributed by atoms with E-state index in [-0.39, 0.29) is 12.0 Å². The molecule has 0 amide bonds.